The summed E-state index contributed by atoms with van der Waals surface area (Å²) < 4.78 is 13.6. The molecule has 1 unspecified atom stereocenters. The standard InChI is InChI=1S/C18H23FN2/c1-5-21(16-8-6-7-13(2)11-16)18-10-9-15(19)12-17(18)14(3)20-4/h6-12,14,20H,5H2,1-4H3. The second kappa shape index (κ2) is 6.72. The van der Waals surface area contributed by atoms with Crippen LogP contribution in [0.4, 0.5) is 15.8 Å². The van der Waals surface area contributed by atoms with Crippen LogP contribution in [-0.2, 0) is 0 Å². The molecule has 0 saturated heterocycles. The monoisotopic (exact) mass is 286 g/mol. The lowest BCUT2D eigenvalue weighted by Gasteiger charge is -2.28. The molecule has 0 spiro atoms. The molecule has 1 N–H and O–H groups in total. The maximum atomic E-state index is 13.6. The number of nitrogens with one attached hydrogen (secondary N) is 1. The van der Waals surface area contributed by atoms with E-state index >= 15 is 0 Å². The largest absolute Gasteiger partial charge is 0.341 e. The first-order valence-corrected chi connectivity index (χ1v) is 7.37. The van der Waals surface area contributed by atoms with Gasteiger partial charge in [0.15, 0.2) is 0 Å². The summed E-state index contributed by atoms with van der Waals surface area (Å²) in [4.78, 5) is 2.22. The third kappa shape index (κ3) is 3.42. The van der Waals surface area contributed by atoms with Crippen molar-refractivity contribution in [1.82, 2.24) is 5.32 Å². The molecule has 0 fully saturated rings. The summed E-state index contributed by atoms with van der Waals surface area (Å²) in [6.45, 7) is 7.07. The van der Waals surface area contributed by atoms with E-state index < -0.39 is 0 Å². The van der Waals surface area contributed by atoms with E-state index in [1.807, 2.05) is 20.0 Å². The molecule has 0 aromatic heterocycles. The lowest BCUT2D eigenvalue weighted by Crippen LogP contribution is -2.21. The van der Waals surface area contributed by atoms with Crippen LogP contribution in [0.3, 0.4) is 0 Å². The topological polar surface area (TPSA) is 15.3 Å². The molecule has 0 aliphatic carbocycles. The zero-order valence-electron chi connectivity index (χ0n) is 13.2. The number of halogens is 1. The normalized spacial score (nSPS) is 12.2. The highest BCUT2D eigenvalue weighted by molar-refractivity contribution is 5.67. The molecule has 0 bridgehead atoms. The van der Waals surface area contributed by atoms with Gasteiger partial charge in [-0.05, 0) is 69.3 Å². The highest BCUT2D eigenvalue weighted by atomic mass is 19.1. The maximum Gasteiger partial charge on any atom is 0.123 e. The Bertz CT molecular complexity index is 610. The van der Waals surface area contributed by atoms with Crippen LogP contribution >= 0.6 is 0 Å². The Labute approximate surface area is 126 Å². The molecule has 1 atom stereocenters. The van der Waals surface area contributed by atoms with Gasteiger partial charge in [-0.2, -0.15) is 0 Å². The van der Waals surface area contributed by atoms with E-state index in [1.54, 1.807) is 6.07 Å². The summed E-state index contributed by atoms with van der Waals surface area (Å²) >= 11 is 0. The predicted molar refractivity (Wildman–Crippen MR) is 87.7 cm³/mol. The van der Waals surface area contributed by atoms with Gasteiger partial charge in [0.25, 0.3) is 0 Å². The molecule has 0 radical (unpaired) electrons. The quantitative estimate of drug-likeness (QED) is 0.866. The van der Waals surface area contributed by atoms with Crippen molar-refractivity contribution in [3.63, 3.8) is 0 Å². The Morgan fingerprint density at radius 2 is 1.95 bits per heavy atom. The Hall–Kier alpha value is -1.87. The highest BCUT2D eigenvalue weighted by Gasteiger charge is 2.16. The highest BCUT2D eigenvalue weighted by Crippen LogP contribution is 2.32. The molecule has 2 nitrogen and oxygen atoms in total. The van der Waals surface area contributed by atoms with Gasteiger partial charge in [-0.25, -0.2) is 4.39 Å². The van der Waals surface area contributed by atoms with Crippen molar-refractivity contribution in [2.24, 2.45) is 0 Å². The predicted octanol–water partition coefficient (Wildman–Crippen LogP) is 4.57. The summed E-state index contributed by atoms with van der Waals surface area (Å²) in [6, 6.07) is 13.5. The van der Waals surface area contributed by atoms with Crippen LogP contribution < -0.4 is 10.2 Å². The van der Waals surface area contributed by atoms with Crippen molar-refractivity contribution >= 4 is 11.4 Å². The summed E-state index contributed by atoms with van der Waals surface area (Å²) in [5.74, 6) is -0.198. The fourth-order valence-corrected chi connectivity index (χ4v) is 2.56. The SMILES string of the molecule is CCN(c1cccc(C)c1)c1ccc(F)cc1C(C)NC. The van der Waals surface area contributed by atoms with Gasteiger partial charge in [-0.15, -0.1) is 0 Å². The maximum absolute atomic E-state index is 13.6. The molecular formula is C18H23FN2. The first kappa shape index (κ1) is 15.5. The molecule has 0 aliphatic heterocycles. The Kier molecular flexibility index (Phi) is 4.97. The van der Waals surface area contributed by atoms with Crippen LogP contribution in [0.1, 0.15) is 31.0 Å². The third-order valence-corrected chi connectivity index (χ3v) is 3.81. The number of aryl methyl sites for hydroxylation is 1. The van der Waals surface area contributed by atoms with E-state index in [9.17, 15) is 4.39 Å². The number of hydrogen-bond acceptors (Lipinski definition) is 2. The second-order valence-electron chi connectivity index (χ2n) is 5.30. The van der Waals surface area contributed by atoms with Gasteiger partial charge in [0.2, 0.25) is 0 Å². The molecule has 0 saturated carbocycles. The number of nitrogens with zero attached hydrogens (tertiary/aromatic N) is 1. The summed E-state index contributed by atoms with van der Waals surface area (Å²) in [5, 5.41) is 3.20. The number of anilines is 2. The number of rotatable bonds is 5. The van der Waals surface area contributed by atoms with Crippen LogP contribution in [-0.4, -0.2) is 13.6 Å². The first-order valence-electron chi connectivity index (χ1n) is 7.37. The van der Waals surface area contributed by atoms with E-state index in [0.29, 0.717) is 0 Å². The lowest BCUT2D eigenvalue weighted by atomic mass is 10.0. The third-order valence-electron chi connectivity index (χ3n) is 3.81. The molecular weight excluding hydrogens is 263 g/mol. The minimum absolute atomic E-state index is 0.0922. The zero-order valence-corrected chi connectivity index (χ0v) is 13.2. The van der Waals surface area contributed by atoms with Gasteiger partial charge >= 0.3 is 0 Å². The van der Waals surface area contributed by atoms with Crippen LogP contribution in [0.2, 0.25) is 0 Å². The van der Waals surface area contributed by atoms with Gasteiger partial charge in [0, 0.05) is 24.0 Å². The molecule has 2 aromatic carbocycles. The van der Waals surface area contributed by atoms with Gasteiger partial charge in [0.1, 0.15) is 5.82 Å². The van der Waals surface area contributed by atoms with Crippen LogP contribution in [0, 0.1) is 12.7 Å². The minimum atomic E-state index is -0.198. The van der Waals surface area contributed by atoms with Gasteiger partial charge in [0.05, 0.1) is 0 Å². The Balaban J connectivity index is 2.52. The molecule has 21 heavy (non-hydrogen) atoms. The Morgan fingerprint density at radius 1 is 1.19 bits per heavy atom. The fraction of sp³-hybridized carbons (Fsp3) is 0.333. The van der Waals surface area contributed by atoms with E-state index in [-0.39, 0.29) is 11.9 Å². The first-order chi connectivity index (χ1) is 10.1. The molecule has 0 heterocycles. The van der Waals surface area contributed by atoms with Gasteiger partial charge < -0.3 is 10.2 Å². The van der Waals surface area contributed by atoms with Gasteiger partial charge in [-0.3, -0.25) is 0 Å². The average Bonchev–Trinajstić information content (AvgIpc) is 2.48. The van der Waals surface area contributed by atoms with E-state index in [2.05, 4.69) is 48.3 Å². The summed E-state index contributed by atoms with van der Waals surface area (Å²) in [6.07, 6.45) is 0. The van der Waals surface area contributed by atoms with E-state index in [4.69, 9.17) is 0 Å². The molecule has 0 amide bonds. The summed E-state index contributed by atoms with van der Waals surface area (Å²) in [5.41, 5.74) is 4.37. The van der Waals surface area contributed by atoms with Crippen molar-refractivity contribution in [3.05, 3.63) is 59.4 Å². The van der Waals surface area contributed by atoms with E-state index in [1.165, 1.54) is 11.6 Å². The zero-order chi connectivity index (χ0) is 15.4. The van der Waals surface area contributed by atoms with Crippen LogP contribution in [0.15, 0.2) is 42.5 Å². The van der Waals surface area contributed by atoms with Crippen molar-refractivity contribution in [3.8, 4) is 0 Å². The summed E-state index contributed by atoms with van der Waals surface area (Å²) in [7, 11) is 1.89. The van der Waals surface area contributed by atoms with Crippen LogP contribution in [0.5, 0.6) is 0 Å². The number of hydrogen-bond donors (Lipinski definition) is 1. The minimum Gasteiger partial charge on any atom is -0.341 e. The fourth-order valence-electron chi connectivity index (χ4n) is 2.56. The number of benzene rings is 2. The van der Waals surface area contributed by atoms with Crippen molar-refractivity contribution < 1.29 is 4.39 Å². The second-order valence-corrected chi connectivity index (χ2v) is 5.30. The van der Waals surface area contributed by atoms with Crippen molar-refractivity contribution in [2.45, 2.75) is 26.8 Å². The Morgan fingerprint density at radius 3 is 2.57 bits per heavy atom. The smallest absolute Gasteiger partial charge is 0.123 e. The molecule has 0 aliphatic rings. The van der Waals surface area contributed by atoms with Crippen LogP contribution in [0.25, 0.3) is 0 Å². The molecule has 112 valence electrons. The average molecular weight is 286 g/mol. The van der Waals surface area contributed by atoms with Gasteiger partial charge in [-0.1, -0.05) is 12.1 Å². The molecule has 2 rings (SSSR count). The van der Waals surface area contributed by atoms with Crippen molar-refractivity contribution in [1.29, 1.82) is 0 Å². The molecule has 2 aromatic rings. The van der Waals surface area contributed by atoms with Crippen molar-refractivity contribution in [2.75, 3.05) is 18.5 Å². The van der Waals surface area contributed by atoms with E-state index in [0.717, 1.165) is 23.5 Å². The lowest BCUT2D eigenvalue weighted by molar-refractivity contribution is 0.608. The molecule has 3 heteroatoms.